The van der Waals surface area contributed by atoms with Gasteiger partial charge >= 0.3 is 0 Å². The lowest BCUT2D eigenvalue weighted by atomic mass is 9.89. The smallest absolute Gasteiger partial charge is 0.274 e. The van der Waals surface area contributed by atoms with Crippen LogP contribution in [-0.2, 0) is 12.0 Å². The van der Waals surface area contributed by atoms with E-state index in [1.807, 2.05) is 0 Å². The third kappa shape index (κ3) is 3.84. The minimum atomic E-state index is -2.96. The van der Waals surface area contributed by atoms with Crippen LogP contribution in [0.2, 0.25) is 10.2 Å². The molecule has 1 unspecified atom stereocenters. The number of nitrogens with two attached hydrogens (primary N) is 1. The van der Waals surface area contributed by atoms with Crippen molar-refractivity contribution in [3.05, 3.63) is 81.1 Å². The van der Waals surface area contributed by atoms with Crippen LogP contribution >= 0.6 is 23.2 Å². The van der Waals surface area contributed by atoms with Gasteiger partial charge in [0.05, 0.1) is 16.3 Å². The summed E-state index contributed by atoms with van der Waals surface area (Å²) in [5.41, 5.74) is 5.38. The lowest BCUT2D eigenvalue weighted by molar-refractivity contribution is -0.911. The van der Waals surface area contributed by atoms with Crippen molar-refractivity contribution in [2.75, 3.05) is 5.73 Å². The van der Waals surface area contributed by atoms with Crippen molar-refractivity contribution in [1.82, 2.24) is 4.98 Å². The summed E-state index contributed by atoms with van der Waals surface area (Å²) in [6, 6.07) is 6.90. The zero-order valence-electron chi connectivity index (χ0n) is 17.9. The van der Waals surface area contributed by atoms with Crippen molar-refractivity contribution in [3.8, 4) is 11.1 Å². The van der Waals surface area contributed by atoms with E-state index in [9.17, 15) is 23.5 Å². The Morgan fingerprint density at radius 2 is 1.94 bits per heavy atom. The molecular formula is C24H18Cl2F3N4O2+. The summed E-state index contributed by atoms with van der Waals surface area (Å²) in [6.07, 6.45) is 0.407. The molecule has 180 valence electrons. The highest BCUT2D eigenvalue weighted by Crippen LogP contribution is 2.43. The van der Waals surface area contributed by atoms with Gasteiger partial charge in [-0.1, -0.05) is 29.3 Å². The van der Waals surface area contributed by atoms with Gasteiger partial charge in [0.1, 0.15) is 16.8 Å². The van der Waals surface area contributed by atoms with Crippen LogP contribution in [0.3, 0.4) is 0 Å². The number of rotatable bonds is 4. The van der Waals surface area contributed by atoms with Gasteiger partial charge in [0.25, 0.3) is 12.1 Å². The predicted molar refractivity (Wildman–Crippen MR) is 125 cm³/mol. The third-order valence-corrected chi connectivity index (χ3v) is 6.93. The minimum Gasteiger partial charge on any atom is -0.384 e. The van der Waals surface area contributed by atoms with E-state index in [-0.39, 0.29) is 40.1 Å². The van der Waals surface area contributed by atoms with Gasteiger partial charge in [-0.3, -0.25) is 10.2 Å². The lowest BCUT2D eigenvalue weighted by Crippen LogP contribution is -2.46. The number of aliphatic hydroxyl groups is 1. The molecule has 1 aliphatic carbocycles. The summed E-state index contributed by atoms with van der Waals surface area (Å²) in [7, 11) is 0. The first-order chi connectivity index (χ1) is 16.6. The van der Waals surface area contributed by atoms with E-state index in [1.54, 1.807) is 18.3 Å². The maximum absolute atomic E-state index is 14.8. The van der Waals surface area contributed by atoms with E-state index in [4.69, 9.17) is 28.9 Å². The molecule has 0 saturated heterocycles. The number of nitrogens with zero attached hydrogens (tertiary/aromatic N) is 3. The number of alkyl halides is 2. The first-order valence-electron chi connectivity index (χ1n) is 10.6. The van der Waals surface area contributed by atoms with Crippen LogP contribution in [0.1, 0.15) is 41.7 Å². The number of pyridine rings is 2. The van der Waals surface area contributed by atoms with Gasteiger partial charge in [0.2, 0.25) is 6.20 Å². The molecule has 6 nitrogen and oxygen atoms in total. The van der Waals surface area contributed by atoms with Crippen molar-refractivity contribution >= 4 is 40.3 Å². The van der Waals surface area contributed by atoms with Crippen LogP contribution in [0.15, 0.2) is 47.7 Å². The van der Waals surface area contributed by atoms with E-state index in [1.165, 1.54) is 6.07 Å². The van der Waals surface area contributed by atoms with E-state index in [0.29, 0.717) is 33.6 Å². The number of benzene rings is 1. The van der Waals surface area contributed by atoms with Gasteiger partial charge in [-0.25, -0.2) is 18.2 Å². The molecule has 11 heteroatoms. The zero-order chi connectivity index (χ0) is 25.1. The monoisotopic (exact) mass is 521 g/mol. The molecule has 3 aromatic rings. The fourth-order valence-electron chi connectivity index (χ4n) is 4.71. The largest absolute Gasteiger partial charge is 0.384 e. The third-order valence-electron chi connectivity index (χ3n) is 6.35. The maximum atomic E-state index is 14.8. The highest BCUT2D eigenvalue weighted by molar-refractivity contribution is 6.31. The highest BCUT2D eigenvalue weighted by atomic mass is 35.5. The van der Waals surface area contributed by atoms with Crippen LogP contribution in [0, 0.1) is 5.82 Å². The van der Waals surface area contributed by atoms with Gasteiger partial charge in [0.15, 0.2) is 5.60 Å². The molecule has 0 bridgehead atoms. The van der Waals surface area contributed by atoms with Crippen LogP contribution in [-0.4, -0.2) is 21.0 Å². The molecule has 1 aromatic carbocycles. The SMILES string of the molecule is Nc1ccc(C2=CN=C(C3(O)CCc4cc(-c5c(C(F)F)ccc(Cl)c5F)c[n+](O)c43)C2)c(Cl)n1. The number of aromatic nitrogens is 2. The molecule has 0 spiro atoms. The summed E-state index contributed by atoms with van der Waals surface area (Å²) in [5.74, 6) is -0.745. The first-order valence-corrected chi connectivity index (χ1v) is 11.3. The van der Waals surface area contributed by atoms with E-state index >= 15 is 0 Å². The van der Waals surface area contributed by atoms with Gasteiger partial charge in [-0.2, -0.15) is 0 Å². The molecule has 2 aliphatic rings. The molecule has 0 amide bonds. The topological polar surface area (TPSA) is 95.6 Å². The number of hydrogen-bond donors (Lipinski definition) is 3. The molecule has 4 N–H and O–H groups in total. The number of nitrogen functional groups attached to an aromatic ring is 1. The first kappa shape index (κ1) is 23.6. The Hall–Kier alpha value is -3.14. The summed E-state index contributed by atoms with van der Waals surface area (Å²) >= 11 is 12.1. The molecule has 0 radical (unpaired) electrons. The fourth-order valence-corrected chi connectivity index (χ4v) is 5.15. The fraction of sp³-hybridized carbons (Fsp3) is 0.208. The highest BCUT2D eigenvalue weighted by Gasteiger charge is 2.51. The average Bonchev–Trinajstić information content (AvgIpc) is 3.41. The Morgan fingerprint density at radius 1 is 1.17 bits per heavy atom. The number of aryl methyl sites for hydroxylation is 1. The number of fused-ring (bicyclic) bond motifs is 1. The molecule has 3 heterocycles. The lowest BCUT2D eigenvalue weighted by Gasteiger charge is -2.21. The van der Waals surface area contributed by atoms with Gasteiger partial charge < -0.3 is 10.8 Å². The minimum absolute atomic E-state index is 0.0118. The quantitative estimate of drug-likeness (QED) is 0.248. The van der Waals surface area contributed by atoms with Crippen molar-refractivity contribution in [2.24, 2.45) is 4.99 Å². The van der Waals surface area contributed by atoms with Crippen LogP contribution < -0.4 is 10.5 Å². The van der Waals surface area contributed by atoms with Crippen molar-refractivity contribution in [1.29, 1.82) is 0 Å². The number of hydrogen-bond acceptors (Lipinski definition) is 5. The molecular weight excluding hydrogens is 504 g/mol. The Morgan fingerprint density at radius 3 is 2.66 bits per heavy atom. The maximum Gasteiger partial charge on any atom is 0.274 e. The number of halogens is 5. The molecule has 2 aromatic heterocycles. The standard InChI is InChI=1S/C24H18Cl2F3N4O2/c25-16-3-1-15(23(28)29)19(20(16)27)13-7-11-5-6-24(34,21(11)33(35)10-13)17-8-12(9-31-17)14-2-4-18(30)32-22(14)26/h1-4,7,9-10,23,34-35H,5-6,8H2,(H2,30,32)/q+1. The molecule has 1 aliphatic heterocycles. The van der Waals surface area contributed by atoms with E-state index < -0.39 is 29.0 Å². The predicted octanol–water partition coefficient (Wildman–Crippen LogP) is 5.26. The number of aliphatic imine (C=N–C) groups is 1. The second kappa shape index (κ2) is 8.51. The Balaban J connectivity index is 1.52. The van der Waals surface area contributed by atoms with Crippen LogP contribution in [0.25, 0.3) is 16.7 Å². The summed E-state index contributed by atoms with van der Waals surface area (Å²) < 4.78 is 42.6. The Kier molecular flexibility index (Phi) is 5.74. The molecule has 5 rings (SSSR count). The summed E-state index contributed by atoms with van der Waals surface area (Å²) in [5, 5.41) is 22.3. The summed E-state index contributed by atoms with van der Waals surface area (Å²) in [6.45, 7) is 0. The van der Waals surface area contributed by atoms with Gasteiger partial charge in [0, 0.05) is 39.6 Å². The van der Waals surface area contributed by atoms with Gasteiger partial charge in [-0.05, 0) is 42.7 Å². The molecule has 0 fully saturated rings. The number of anilines is 1. The number of allylic oxidation sites excluding steroid dienone is 1. The Bertz CT molecular complexity index is 1440. The molecule has 1 atom stereocenters. The second-order valence-electron chi connectivity index (χ2n) is 8.42. The zero-order valence-corrected chi connectivity index (χ0v) is 19.5. The van der Waals surface area contributed by atoms with Crippen molar-refractivity contribution < 1.29 is 28.2 Å². The van der Waals surface area contributed by atoms with Crippen molar-refractivity contribution in [2.45, 2.75) is 31.3 Å². The average molecular weight is 522 g/mol. The van der Waals surface area contributed by atoms with Crippen molar-refractivity contribution in [3.63, 3.8) is 0 Å². The second-order valence-corrected chi connectivity index (χ2v) is 9.18. The Labute approximate surface area is 207 Å². The van der Waals surface area contributed by atoms with Crippen LogP contribution in [0.4, 0.5) is 19.0 Å². The van der Waals surface area contributed by atoms with E-state index in [2.05, 4.69) is 9.98 Å². The molecule has 0 saturated carbocycles. The molecule has 35 heavy (non-hydrogen) atoms. The summed E-state index contributed by atoms with van der Waals surface area (Å²) in [4.78, 5) is 8.41. The normalized spacial score (nSPS) is 19.2. The van der Waals surface area contributed by atoms with Crippen LogP contribution in [0.5, 0.6) is 0 Å². The van der Waals surface area contributed by atoms with Gasteiger partial charge in [-0.15, -0.1) is 0 Å². The van der Waals surface area contributed by atoms with E-state index in [0.717, 1.165) is 18.3 Å².